The Morgan fingerprint density at radius 1 is 1.12 bits per heavy atom. The lowest BCUT2D eigenvalue weighted by Gasteiger charge is -2.12. The molecule has 0 bridgehead atoms. The maximum Gasteiger partial charge on any atom is 0.321 e. The van der Waals surface area contributed by atoms with Crippen LogP contribution < -0.4 is 5.32 Å². The zero-order valence-electron chi connectivity index (χ0n) is 13.6. The summed E-state index contributed by atoms with van der Waals surface area (Å²) in [5, 5.41) is 3.46. The van der Waals surface area contributed by atoms with Crippen molar-refractivity contribution in [1.82, 2.24) is 4.90 Å². The molecule has 0 spiro atoms. The Labute approximate surface area is 146 Å². The topological polar surface area (TPSA) is 49.4 Å². The van der Waals surface area contributed by atoms with Crippen molar-refractivity contribution >= 4 is 29.1 Å². The van der Waals surface area contributed by atoms with E-state index in [2.05, 4.69) is 5.32 Å². The van der Waals surface area contributed by atoms with Gasteiger partial charge in [0.1, 0.15) is 0 Å². The highest BCUT2D eigenvalue weighted by Crippen LogP contribution is 2.49. The number of hydrogen-bond donors (Lipinski definition) is 1. The molecule has 1 aliphatic rings. The number of anilines is 1. The van der Waals surface area contributed by atoms with Gasteiger partial charge in [0, 0.05) is 36.3 Å². The van der Waals surface area contributed by atoms with Gasteiger partial charge in [0.15, 0.2) is 5.78 Å². The Morgan fingerprint density at radius 3 is 2.50 bits per heavy atom. The lowest BCUT2D eigenvalue weighted by atomic mass is 10.0. The third-order valence-corrected chi connectivity index (χ3v) is 4.48. The first-order chi connectivity index (χ1) is 11.5. The van der Waals surface area contributed by atoms with Crippen LogP contribution in [0.15, 0.2) is 48.5 Å². The van der Waals surface area contributed by atoms with E-state index in [1.54, 1.807) is 38.4 Å². The summed E-state index contributed by atoms with van der Waals surface area (Å²) in [6, 6.07) is 14.6. The molecular weight excluding hydrogens is 324 g/mol. The second-order valence-corrected chi connectivity index (χ2v) is 6.71. The number of Topliss-reactive ketones (excluding diaryl/α,β-unsaturated/α-hetero) is 1. The standard InChI is InChI=1S/C19H19ClN2O2/c1-22(2)19(24)21-15-5-3-4-13(10-15)16-11-17(16)18(23)12-6-8-14(20)9-7-12/h3-10,16-17H,11H2,1-2H3,(H,21,24). The van der Waals surface area contributed by atoms with Crippen LogP contribution in [0.3, 0.4) is 0 Å². The number of urea groups is 1. The molecule has 2 amide bonds. The minimum atomic E-state index is -0.170. The number of nitrogens with zero attached hydrogens (tertiary/aromatic N) is 1. The summed E-state index contributed by atoms with van der Waals surface area (Å²) in [6.07, 6.45) is 0.840. The van der Waals surface area contributed by atoms with Crippen molar-refractivity contribution in [2.75, 3.05) is 19.4 Å². The Balaban J connectivity index is 1.69. The largest absolute Gasteiger partial charge is 0.331 e. The van der Waals surface area contributed by atoms with Crippen LogP contribution in [0.1, 0.15) is 28.3 Å². The van der Waals surface area contributed by atoms with Gasteiger partial charge in [-0.25, -0.2) is 4.79 Å². The van der Waals surface area contributed by atoms with Gasteiger partial charge in [0.2, 0.25) is 0 Å². The molecule has 5 heteroatoms. The number of amides is 2. The summed E-state index contributed by atoms with van der Waals surface area (Å²) >= 11 is 5.87. The fourth-order valence-corrected chi connectivity index (χ4v) is 2.89. The minimum absolute atomic E-state index is 0.00553. The second kappa shape index (κ2) is 6.65. The van der Waals surface area contributed by atoms with E-state index in [1.165, 1.54) is 4.90 Å². The number of hydrogen-bond acceptors (Lipinski definition) is 2. The minimum Gasteiger partial charge on any atom is -0.331 e. The molecule has 1 N–H and O–H groups in total. The molecule has 2 atom stereocenters. The van der Waals surface area contributed by atoms with E-state index in [0.717, 1.165) is 17.7 Å². The van der Waals surface area contributed by atoms with Crippen molar-refractivity contribution in [1.29, 1.82) is 0 Å². The lowest BCUT2D eigenvalue weighted by Crippen LogP contribution is -2.27. The van der Waals surface area contributed by atoms with Crippen molar-refractivity contribution in [3.05, 3.63) is 64.7 Å². The van der Waals surface area contributed by atoms with Crippen LogP contribution in [-0.2, 0) is 0 Å². The number of carbonyl (C=O) groups excluding carboxylic acids is 2. The molecule has 2 unspecified atom stereocenters. The Bertz CT molecular complexity index is 771. The van der Waals surface area contributed by atoms with Crippen LogP contribution in [0.5, 0.6) is 0 Å². The molecule has 0 heterocycles. The number of ketones is 1. The molecule has 1 aliphatic carbocycles. The first-order valence-corrected chi connectivity index (χ1v) is 8.21. The molecule has 24 heavy (non-hydrogen) atoms. The Kier molecular flexibility index (Phi) is 4.58. The molecule has 4 nitrogen and oxygen atoms in total. The first-order valence-electron chi connectivity index (χ1n) is 7.84. The summed E-state index contributed by atoms with van der Waals surface area (Å²) in [7, 11) is 3.39. The molecule has 2 aromatic carbocycles. The Morgan fingerprint density at radius 2 is 1.83 bits per heavy atom. The number of halogens is 1. The molecule has 2 aromatic rings. The fourth-order valence-electron chi connectivity index (χ4n) is 2.76. The molecule has 1 saturated carbocycles. The average Bonchev–Trinajstić information content (AvgIpc) is 3.36. The maximum absolute atomic E-state index is 12.5. The van der Waals surface area contributed by atoms with E-state index in [4.69, 9.17) is 11.6 Å². The SMILES string of the molecule is CN(C)C(=O)Nc1cccc(C2CC2C(=O)c2ccc(Cl)cc2)c1. The van der Waals surface area contributed by atoms with Gasteiger partial charge in [0.05, 0.1) is 0 Å². The summed E-state index contributed by atoms with van der Waals surface area (Å²) in [5.41, 5.74) is 2.53. The Hall–Kier alpha value is -2.33. The predicted molar refractivity (Wildman–Crippen MR) is 95.8 cm³/mol. The highest BCUT2D eigenvalue weighted by atomic mass is 35.5. The lowest BCUT2D eigenvalue weighted by molar-refractivity contribution is 0.0965. The molecular formula is C19H19ClN2O2. The van der Waals surface area contributed by atoms with Gasteiger partial charge in [-0.3, -0.25) is 4.79 Å². The van der Waals surface area contributed by atoms with Crippen molar-refractivity contribution in [2.45, 2.75) is 12.3 Å². The van der Waals surface area contributed by atoms with Crippen molar-refractivity contribution < 1.29 is 9.59 Å². The van der Waals surface area contributed by atoms with Crippen LogP contribution in [0.4, 0.5) is 10.5 Å². The average molecular weight is 343 g/mol. The fraction of sp³-hybridized carbons (Fsp3) is 0.263. The highest BCUT2D eigenvalue weighted by Gasteiger charge is 2.44. The first kappa shape index (κ1) is 16.5. The van der Waals surface area contributed by atoms with Gasteiger partial charge >= 0.3 is 6.03 Å². The molecule has 0 radical (unpaired) electrons. The van der Waals surface area contributed by atoms with Gasteiger partial charge < -0.3 is 10.2 Å². The van der Waals surface area contributed by atoms with Gasteiger partial charge in [-0.05, 0) is 54.3 Å². The quantitative estimate of drug-likeness (QED) is 0.836. The summed E-state index contributed by atoms with van der Waals surface area (Å²) < 4.78 is 0. The predicted octanol–water partition coefficient (Wildman–Crippen LogP) is 4.42. The van der Waals surface area contributed by atoms with Crippen LogP contribution in [0, 0.1) is 5.92 Å². The number of rotatable bonds is 4. The van der Waals surface area contributed by atoms with Crippen LogP contribution in [-0.4, -0.2) is 30.8 Å². The van der Waals surface area contributed by atoms with E-state index >= 15 is 0 Å². The smallest absolute Gasteiger partial charge is 0.321 e. The van der Waals surface area contributed by atoms with Crippen molar-refractivity contribution in [3.63, 3.8) is 0 Å². The van der Waals surface area contributed by atoms with Gasteiger partial charge in [-0.1, -0.05) is 23.7 Å². The maximum atomic E-state index is 12.5. The second-order valence-electron chi connectivity index (χ2n) is 6.27. The van der Waals surface area contributed by atoms with E-state index < -0.39 is 0 Å². The monoisotopic (exact) mass is 342 g/mol. The van der Waals surface area contributed by atoms with Crippen molar-refractivity contribution in [3.8, 4) is 0 Å². The third-order valence-electron chi connectivity index (χ3n) is 4.23. The highest BCUT2D eigenvalue weighted by molar-refractivity contribution is 6.30. The van der Waals surface area contributed by atoms with Crippen LogP contribution in [0.2, 0.25) is 5.02 Å². The normalized spacial score (nSPS) is 18.8. The van der Waals surface area contributed by atoms with E-state index in [0.29, 0.717) is 10.6 Å². The number of benzene rings is 2. The zero-order valence-corrected chi connectivity index (χ0v) is 14.4. The molecule has 1 fully saturated rings. The van der Waals surface area contributed by atoms with E-state index in [9.17, 15) is 9.59 Å². The summed E-state index contributed by atoms with van der Waals surface area (Å²) in [5.74, 6) is 0.370. The van der Waals surface area contributed by atoms with Crippen molar-refractivity contribution in [2.24, 2.45) is 5.92 Å². The zero-order chi connectivity index (χ0) is 17.3. The van der Waals surface area contributed by atoms with Gasteiger partial charge in [-0.2, -0.15) is 0 Å². The van der Waals surface area contributed by atoms with E-state index in [-0.39, 0.29) is 23.7 Å². The summed E-state index contributed by atoms with van der Waals surface area (Å²) in [4.78, 5) is 25.8. The number of carbonyl (C=O) groups is 2. The molecule has 0 saturated heterocycles. The van der Waals surface area contributed by atoms with Gasteiger partial charge in [-0.15, -0.1) is 0 Å². The number of nitrogens with one attached hydrogen (secondary N) is 1. The summed E-state index contributed by atoms with van der Waals surface area (Å²) in [6.45, 7) is 0. The molecule has 3 rings (SSSR count). The van der Waals surface area contributed by atoms with E-state index in [1.807, 2.05) is 24.3 Å². The third kappa shape index (κ3) is 3.60. The molecule has 0 aromatic heterocycles. The molecule has 0 aliphatic heterocycles. The van der Waals surface area contributed by atoms with Crippen LogP contribution in [0.25, 0.3) is 0 Å². The van der Waals surface area contributed by atoms with Crippen LogP contribution >= 0.6 is 11.6 Å². The van der Waals surface area contributed by atoms with Gasteiger partial charge in [0.25, 0.3) is 0 Å². The molecule has 124 valence electrons.